The Labute approximate surface area is 146 Å². The van der Waals surface area contributed by atoms with Gasteiger partial charge in [0, 0.05) is 19.7 Å². The largest absolute Gasteiger partial charge is 0.467 e. The molecule has 1 aliphatic rings. The number of rotatable bonds is 8. The molecule has 25 heavy (non-hydrogen) atoms. The molecule has 1 N–H and O–H groups in total. The average molecular weight is 346 g/mol. The second kappa shape index (κ2) is 8.78. The number of hydrogen-bond acceptors (Lipinski definition) is 4. The van der Waals surface area contributed by atoms with Crippen LogP contribution in [0, 0.1) is 5.82 Å². The van der Waals surface area contributed by atoms with Crippen LogP contribution in [-0.4, -0.2) is 36.6 Å². The number of furan rings is 1. The van der Waals surface area contributed by atoms with E-state index in [0.717, 1.165) is 30.8 Å². The molecule has 1 saturated heterocycles. The van der Waals surface area contributed by atoms with Crippen LogP contribution in [0.15, 0.2) is 47.1 Å². The maximum absolute atomic E-state index is 13.1. The molecule has 1 unspecified atom stereocenters. The fraction of sp³-hybridized carbons (Fsp3) is 0.421. The molecule has 5 nitrogen and oxygen atoms in total. The summed E-state index contributed by atoms with van der Waals surface area (Å²) in [4.78, 5) is 14.3. The summed E-state index contributed by atoms with van der Waals surface area (Å²) in [5.41, 5.74) is 0.875. The van der Waals surface area contributed by atoms with E-state index >= 15 is 0 Å². The lowest BCUT2D eigenvalue weighted by atomic mass is 10.2. The molecule has 1 fully saturated rings. The van der Waals surface area contributed by atoms with Crippen molar-refractivity contribution in [2.45, 2.75) is 32.0 Å². The van der Waals surface area contributed by atoms with Crippen LogP contribution in [0.2, 0.25) is 0 Å². The normalized spacial score (nSPS) is 16.9. The fourth-order valence-corrected chi connectivity index (χ4v) is 2.89. The zero-order valence-electron chi connectivity index (χ0n) is 14.1. The van der Waals surface area contributed by atoms with E-state index in [0.29, 0.717) is 19.6 Å². The molecule has 2 heterocycles. The molecule has 6 heteroatoms. The number of benzene rings is 1. The van der Waals surface area contributed by atoms with E-state index in [9.17, 15) is 9.18 Å². The summed E-state index contributed by atoms with van der Waals surface area (Å²) >= 11 is 0. The molecule has 0 spiro atoms. The van der Waals surface area contributed by atoms with Crippen LogP contribution in [0.3, 0.4) is 0 Å². The lowest BCUT2D eigenvalue weighted by molar-refractivity contribution is -0.131. The summed E-state index contributed by atoms with van der Waals surface area (Å²) in [6.07, 6.45) is 3.90. The van der Waals surface area contributed by atoms with E-state index in [4.69, 9.17) is 9.15 Å². The summed E-state index contributed by atoms with van der Waals surface area (Å²) in [5, 5.41) is 3.18. The molecular weight excluding hydrogens is 323 g/mol. The van der Waals surface area contributed by atoms with Crippen molar-refractivity contribution in [2.24, 2.45) is 0 Å². The number of carbonyl (C=O) groups excluding carboxylic acids is 1. The Morgan fingerprint density at radius 3 is 2.76 bits per heavy atom. The lowest BCUT2D eigenvalue weighted by Crippen LogP contribution is -2.39. The Bertz CT molecular complexity index is 652. The maximum Gasteiger partial charge on any atom is 0.237 e. The molecule has 0 saturated carbocycles. The van der Waals surface area contributed by atoms with Crippen molar-refractivity contribution >= 4 is 5.91 Å². The smallest absolute Gasteiger partial charge is 0.237 e. The number of ether oxygens (including phenoxy) is 1. The lowest BCUT2D eigenvalue weighted by Gasteiger charge is -2.22. The Morgan fingerprint density at radius 2 is 2.08 bits per heavy atom. The SMILES string of the molecule is O=C(CNCC1CCCO1)N(Cc1ccc(F)cc1)Cc1ccco1. The summed E-state index contributed by atoms with van der Waals surface area (Å²) in [7, 11) is 0. The third-order valence-electron chi connectivity index (χ3n) is 4.24. The first-order valence-corrected chi connectivity index (χ1v) is 8.57. The third-order valence-corrected chi connectivity index (χ3v) is 4.24. The van der Waals surface area contributed by atoms with Gasteiger partial charge >= 0.3 is 0 Å². The number of halogens is 1. The Hall–Kier alpha value is -2.18. The van der Waals surface area contributed by atoms with Crippen LogP contribution in [0.4, 0.5) is 4.39 Å². The average Bonchev–Trinajstić information content (AvgIpc) is 3.30. The van der Waals surface area contributed by atoms with Crippen molar-refractivity contribution in [3.63, 3.8) is 0 Å². The van der Waals surface area contributed by atoms with Crippen molar-refractivity contribution in [1.29, 1.82) is 0 Å². The first-order chi connectivity index (χ1) is 12.2. The molecule has 0 radical (unpaired) electrons. The molecular formula is C19H23FN2O3. The van der Waals surface area contributed by atoms with Gasteiger partial charge < -0.3 is 19.4 Å². The second-order valence-corrected chi connectivity index (χ2v) is 6.22. The summed E-state index contributed by atoms with van der Waals surface area (Å²) in [5.74, 6) is 0.402. The predicted octanol–water partition coefficient (Wildman–Crippen LogP) is 2.72. The van der Waals surface area contributed by atoms with Crippen LogP contribution in [0.5, 0.6) is 0 Å². The Morgan fingerprint density at radius 1 is 1.24 bits per heavy atom. The molecule has 1 atom stereocenters. The molecule has 0 aliphatic carbocycles. The second-order valence-electron chi connectivity index (χ2n) is 6.22. The zero-order chi connectivity index (χ0) is 17.5. The topological polar surface area (TPSA) is 54.7 Å². The van der Waals surface area contributed by atoms with E-state index in [1.165, 1.54) is 12.1 Å². The molecule has 1 aromatic carbocycles. The summed E-state index contributed by atoms with van der Waals surface area (Å²) in [6.45, 7) is 2.50. The van der Waals surface area contributed by atoms with Crippen molar-refractivity contribution in [3.05, 3.63) is 59.8 Å². The standard InChI is InChI=1S/C19H23FN2O3/c20-16-7-5-15(6-8-16)13-22(14-18-4-2-10-25-18)19(23)12-21-11-17-3-1-9-24-17/h2,4-8,10,17,21H,1,3,9,11-14H2. The number of amides is 1. The van der Waals surface area contributed by atoms with Gasteiger partial charge in [0.05, 0.1) is 25.5 Å². The van der Waals surface area contributed by atoms with Gasteiger partial charge in [0.15, 0.2) is 0 Å². The molecule has 1 aliphatic heterocycles. The van der Waals surface area contributed by atoms with Gasteiger partial charge in [-0.05, 0) is 42.7 Å². The van der Waals surface area contributed by atoms with Crippen molar-refractivity contribution in [2.75, 3.05) is 19.7 Å². The summed E-state index contributed by atoms with van der Waals surface area (Å²) in [6, 6.07) is 9.83. The number of hydrogen-bond donors (Lipinski definition) is 1. The van der Waals surface area contributed by atoms with E-state index in [-0.39, 0.29) is 24.4 Å². The van der Waals surface area contributed by atoms with Crippen molar-refractivity contribution < 1.29 is 18.3 Å². The molecule has 2 aromatic rings. The molecule has 1 aromatic heterocycles. The minimum absolute atomic E-state index is 0.0290. The maximum atomic E-state index is 13.1. The number of nitrogens with one attached hydrogen (secondary N) is 1. The van der Waals surface area contributed by atoms with Crippen LogP contribution < -0.4 is 5.32 Å². The van der Waals surface area contributed by atoms with Gasteiger partial charge in [0.25, 0.3) is 0 Å². The van der Waals surface area contributed by atoms with Gasteiger partial charge in [-0.1, -0.05) is 12.1 Å². The first-order valence-electron chi connectivity index (χ1n) is 8.57. The highest BCUT2D eigenvalue weighted by molar-refractivity contribution is 5.78. The van der Waals surface area contributed by atoms with Crippen LogP contribution in [0.25, 0.3) is 0 Å². The van der Waals surface area contributed by atoms with Crippen LogP contribution in [0.1, 0.15) is 24.2 Å². The van der Waals surface area contributed by atoms with E-state index in [2.05, 4.69) is 5.32 Å². The third kappa shape index (κ3) is 5.41. The highest BCUT2D eigenvalue weighted by atomic mass is 19.1. The van der Waals surface area contributed by atoms with E-state index < -0.39 is 0 Å². The number of carbonyl (C=O) groups is 1. The van der Waals surface area contributed by atoms with Gasteiger partial charge in [-0.25, -0.2) is 4.39 Å². The molecule has 1 amide bonds. The highest BCUT2D eigenvalue weighted by Gasteiger charge is 2.18. The van der Waals surface area contributed by atoms with Crippen molar-refractivity contribution in [3.8, 4) is 0 Å². The van der Waals surface area contributed by atoms with Gasteiger partial charge in [-0.2, -0.15) is 0 Å². The predicted molar refractivity (Wildman–Crippen MR) is 91.2 cm³/mol. The minimum Gasteiger partial charge on any atom is -0.467 e. The highest BCUT2D eigenvalue weighted by Crippen LogP contribution is 2.13. The van der Waals surface area contributed by atoms with E-state index in [1.54, 1.807) is 29.4 Å². The van der Waals surface area contributed by atoms with Gasteiger partial charge in [0.1, 0.15) is 11.6 Å². The summed E-state index contributed by atoms with van der Waals surface area (Å²) < 4.78 is 24.0. The van der Waals surface area contributed by atoms with E-state index in [1.807, 2.05) is 6.07 Å². The number of nitrogens with zero attached hydrogens (tertiary/aromatic N) is 1. The fourth-order valence-electron chi connectivity index (χ4n) is 2.89. The molecule has 0 bridgehead atoms. The van der Waals surface area contributed by atoms with Gasteiger partial charge in [-0.3, -0.25) is 4.79 Å². The quantitative estimate of drug-likeness (QED) is 0.798. The van der Waals surface area contributed by atoms with Gasteiger partial charge in [-0.15, -0.1) is 0 Å². The van der Waals surface area contributed by atoms with Crippen LogP contribution in [-0.2, 0) is 22.6 Å². The molecule has 134 valence electrons. The van der Waals surface area contributed by atoms with Crippen LogP contribution >= 0.6 is 0 Å². The minimum atomic E-state index is -0.286. The zero-order valence-corrected chi connectivity index (χ0v) is 14.1. The first kappa shape index (κ1) is 17.6. The van der Waals surface area contributed by atoms with Crippen molar-refractivity contribution in [1.82, 2.24) is 10.2 Å². The molecule has 3 rings (SSSR count). The monoisotopic (exact) mass is 346 g/mol. The Balaban J connectivity index is 1.58. The Kier molecular flexibility index (Phi) is 6.19. The van der Waals surface area contributed by atoms with Gasteiger partial charge in [0.2, 0.25) is 5.91 Å².